The highest BCUT2D eigenvalue weighted by Crippen LogP contribution is 2.29. The van der Waals surface area contributed by atoms with E-state index in [0.717, 1.165) is 21.1 Å². The van der Waals surface area contributed by atoms with Gasteiger partial charge in [-0.25, -0.2) is 4.98 Å². The Bertz CT molecular complexity index is 910. The third-order valence-electron chi connectivity index (χ3n) is 3.86. The largest absolute Gasteiger partial charge is 0.493 e. The molecule has 1 aromatic carbocycles. The van der Waals surface area contributed by atoms with Crippen LogP contribution in [0.1, 0.15) is 20.9 Å². The highest BCUT2D eigenvalue weighted by molar-refractivity contribution is 7.15. The molecule has 0 radical (unpaired) electrons. The normalized spacial score (nSPS) is 10.4. The van der Waals surface area contributed by atoms with E-state index in [2.05, 4.69) is 15.3 Å². The number of aromatic nitrogens is 2. The molecule has 3 rings (SSSR count). The number of rotatable bonds is 6. The minimum absolute atomic E-state index is 0.179. The fourth-order valence-corrected chi connectivity index (χ4v) is 3.44. The Kier molecular flexibility index (Phi) is 5.48. The van der Waals surface area contributed by atoms with E-state index in [-0.39, 0.29) is 5.91 Å². The summed E-state index contributed by atoms with van der Waals surface area (Å²) >= 11 is 1.55. The van der Waals surface area contributed by atoms with Gasteiger partial charge in [-0.05, 0) is 37.3 Å². The standard InChI is InChI=1S/C19H19N3O3S/c1-12-17(26-19(22-12)14-5-4-8-20-10-14)11-21-18(23)13-6-7-15(24-2)16(9-13)25-3/h4-10H,11H2,1-3H3,(H,21,23). The molecule has 0 aliphatic rings. The van der Waals surface area contributed by atoms with E-state index in [9.17, 15) is 4.79 Å². The summed E-state index contributed by atoms with van der Waals surface area (Å²) in [5, 5.41) is 3.82. The van der Waals surface area contributed by atoms with Crippen molar-refractivity contribution in [1.82, 2.24) is 15.3 Å². The van der Waals surface area contributed by atoms with Gasteiger partial charge in [-0.2, -0.15) is 0 Å². The third-order valence-corrected chi connectivity index (χ3v) is 5.06. The van der Waals surface area contributed by atoms with Crippen molar-refractivity contribution in [2.45, 2.75) is 13.5 Å². The lowest BCUT2D eigenvalue weighted by Gasteiger charge is -2.09. The number of hydrogen-bond donors (Lipinski definition) is 1. The van der Waals surface area contributed by atoms with Gasteiger partial charge in [0.1, 0.15) is 5.01 Å². The molecule has 0 unspecified atom stereocenters. The number of methoxy groups -OCH3 is 2. The Morgan fingerprint density at radius 1 is 1.19 bits per heavy atom. The average Bonchev–Trinajstić information content (AvgIpc) is 3.06. The number of aryl methyl sites for hydroxylation is 1. The highest BCUT2D eigenvalue weighted by atomic mass is 32.1. The minimum atomic E-state index is -0.179. The van der Waals surface area contributed by atoms with E-state index in [1.165, 1.54) is 0 Å². The van der Waals surface area contributed by atoms with E-state index in [4.69, 9.17) is 9.47 Å². The summed E-state index contributed by atoms with van der Waals surface area (Å²) in [6.45, 7) is 2.35. The summed E-state index contributed by atoms with van der Waals surface area (Å²) in [5.41, 5.74) is 2.39. The van der Waals surface area contributed by atoms with Gasteiger partial charge in [-0.3, -0.25) is 9.78 Å². The molecule has 0 saturated carbocycles. The smallest absolute Gasteiger partial charge is 0.251 e. The van der Waals surface area contributed by atoms with E-state index >= 15 is 0 Å². The van der Waals surface area contributed by atoms with Crippen LogP contribution < -0.4 is 14.8 Å². The van der Waals surface area contributed by atoms with E-state index in [0.29, 0.717) is 23.6 Å². The first kappa shape index (κ1) is 17.9. The number of benzene rings is 1. The van der Waals surface area contributed by atoms with Crippen LogP contribution in [-0.2, 0) is 6.54 Å². The Morgan fingerprint density at radius 3 is 2.69 bits per heavy atom. The maximum absolute atomic E-state index is 12.4. The molecule has 0 aliphatic heterocycles. The predicted molar refractivity (Wildman–Crippen MR) is 101 cm³/mol. The van der Waals surface area contributed by atoms with Crippen molar-refractivity contribution >= 4 is 17.2 Å². The van der Waals surface area contributed by atoms with Crippen LogP contribution in [0.2, 0.25) is 0 Å². The maximum atomic E-state index is 12.4. The summed E-state index contributed by atoms with van der Waals surface area (Å²) < 4.78 is 10.4. The molecule has 3 aromatic rings. The van der Waals surface area contributed by atoms with Crippen molar-refractivity contribution in [3.8, 4) is 22.1 Å². The lowest BCUT2D eigenvalue weighted by molar-refractivity contribution is 0.0951. The Morgan fingerprint density at radius 2 is 2.00 bits per heavy atom. The monoisotopic (exact) mass is 369 g/mol. The molecule has 134 valence electrons. The molecule has 0 saturated heterocycles. The zero-order chi connectivity index (χ0) is 18.5. The van der Waals surface area contributed by atoms with Crippen LogP contribution in [0.25, 0.3) is 10.6 Å². The molecule has 7 heteroatoms. The van der Waals surface area contributed by atoms with Crippen molar-refractivity contribution in [3.05, 3.63) is 58.9 Å². The van der Waals surface area contributed by atoms with Gasteiger partial charge < -0.3 is 14.8 Å². The first-order chi connectivity index (χ1) is 12.6. The quantitative estimate of drug-likeness (QED) is 0.720. The summed E-state index contributed by atoms with van der Waals surface area (Å²) in [4.78, 5) is 22.1. The number of ether oxygens (including phenoxy) is 2. The summed E-state index contributed by atoms with van der Waals surface area (Å²) in [7, 11) is 3.10. The Labute approximate surface area is 155 Å². The molecule has 0 spiro atoms. The zero-order valence-electron chi connectivity index (χ0n) is 14.8. The molecule has 0 bridgehead atoms. The minimum Gasteiger partial charge on any atom is -0.493 e. The molecule has 1 amide bonds. The highest BCUT2D eigenvalue weighted by Gasteiger charge is 2.13. The Hall–Kier alpha value is -2.93. The van der Waals surface area contributed by atoms with Crippen LogP contribution in [0.4, 0.5) is 0 Å². The van der Waals surface area contributed by atoms with Crippen LogP contribution >= 0.6 is 11.3 Å². The van der Waals surface area contributed by atoms with Crippen LogP contribution in [0.15, 0.2) is 42.7 Å². The Balaban J connectivity index is 1.71. The second-order valence-corrected chi connectivity index (χ2v) is 6.61. The average molecular weight is 369 g/mol. The second-order valence-electron chi connectivity index (χ2n) is 5.52. The molecular formula is C19H19N3O3S. The number of nitrogens with one attached hydrogen (secondary N) is 1. The molecule has 2 aromatic heterocycles. The number of amides is 1. The number of pyridine rings is 1. The number of thiazole rings is 1. The second kappa shape index (κ2) is 7.97. The van der Waals surface area contributed by atoms with Crippen LogP contribution in [-0.4, -0.2) is 30.1 Å². The summed E-state index contributed by atoms with van der Waals surface area (Å²) in [6.07, 6.45) is 3.51. The molecule has 0 aliphatic carbocycles. The van der Waals surface area contributed by atoms with Crippen LogP contribution in [0.5, 0.6) is 11.5 Å². The van der Waals surface area contributed by atoms with Crippen molar-refractivity contribution < 1.29 is 14.3 Å². The lowest BCUT2D eigenvalue weighted by atomic mass is 10.2. The van der Waals surface area contributed by atoms with Crippen molar-refractivity contribution in [1.29, 1.82) is 0 Å². The van der Waals surface area contributed by atoms with Crippen LogP contribution in [0.3, 0.4) is 0 Å². The van der Waals surface area contributed by atoms with E-state index in [1.807, 2.05) is 19.1 Å². The molecule has 0 fully saturated rings. The van der Waals surface area contributed by atoms with Gasteiger partial charge >= 0.3 is 0 Å². The van der Waals surface area contributed by atoms with E-state index in [1.54, 1.807) is 56.1 Å². The van der Waals surface area contributed by atoms with Gasteiger partial charge in [0.05, 0.1) is 26.5 Å². The summed E-state index contributed by atoms with van der Waals surface area (Å²) in [5.74, 6) is 0.929. The maximum Gasteiger partial charge on any atom is 0.251 e. The van der Waals surface area contributed by atoms with E-state index < -0.39 is 0 Å². The van der Waals surface area contributed by atoms with Crippen molar-refractivity contribution in [2.75, 3.05) is 14.2 Å². The van der Waals surface area contributed by atoms with Gasteiger partial charge in [0.2, 0.25) is 0 Å². The zero-order valence-corrected chi connectivity index (χ0v) is 15.6. The van der Waals surface area contributed by atoms with Gasteiger partial charge in [0.15, 0.2) is 11.5 Å². The first-order valence-corrected chi connectivity index (χ1v) is 8.81. The molecule has 26 heavy (non-hydrogen) atoms. The van der Waals surface area contributed by atoms with Crippen molar-refractivity contribution in [2.24, 2.45) is 0 Å². The fourth-order valence-electron chi connectivity index (χ4n) is 2.44. The molecule has 2 heterocycles. The van der Waals surface area contributed by atoms with Gasteiger partial charge in [-0.1, -0.05) is 0 Å². The van der Waals surface area contributed by atoms with Gasteiger partial charge in [0.25, 0.3) is 5.91 Å². The lowest BCUT2D eigenvalue weighted by Crippen LogP contribution is -2.22. The molecular weight excluding hydrogens is 350 g/mol. The summed E-state index contributed by atoms with van der Waals surface area (Å²) in [6, 6.07) is 8.93. The molecule has 6 nitrogen and oxygen atoms in total. The number of hydrogen-bond acceptors (Lipinski definition) is 6. The number of carbonyl (C=O) groups is 1. The van der Waals surface area contributed by atoms with Gasteiger partial charge in [0, 0.05) is 28.4 Å². The SMILES string of the molecule is COc1ccc(C(=O)NCc2sc(-c3cccnc3)nc2C)cc1OC. The van der Waals surface area contributed by atoms with Crippen molar-refractivity contribution in [3.63, 3.8) is 0 Å². The molecule has 1 N–H and O–H groups in total. The van der Waals surface area contributed by atoms with Gasteiger partial charge in [-0.15, -0.1) is 11.3 Å². The first-order valence-electron chi connectivity index (χ1n) is 7.99. The predicted octanol–water partition coefficient (Wildman–Crippen LogP) is 3.46. The number of carbonyl (C=O) groups excluding carboxylic acids is 1. The topological polar surface area (TPSA) is 73.3 Å². The third kappa shape index (κ3) is 3.83. The van der Waals surface area contributed by atoms with Crippen LogP contribution in [0, 0.1) is 6.92 Å². The number of nitrogens with zero attached hydrogens (tertiary/aromatic N) is 2. The fraction of sp³-hybridized carbons (Fsp3) is 0.211. The molecule has 0 atom stereocenters.